The third kappa shape index (κ3) is 10.7. The number of ether oxygens (including phenoxy) is 5. The first kappa shape index (κ1) is 46.5. The van der Waals surface area contributed by atoms with Gasteiger partial charge in [-0.1, -0.05) is 103 Å². The molecule has 1 saturated carbocycles. The minimum absolute atomic E-state index is 0.0263. The molecule has 12 nitrogen and oxygen atoms in total. The number of carbonyl (C=O) groups excluding carboxylic acids is 1. The lowest BCUT2D eigenvalue weighted by Gasteiger charge is -2.59. The molecule has 1 heterocycles. The summed E-state index contributed by atoms with van der Waals surface area (Å²) in [4.78, 5) is 21.8. The summed E-state index contributed by atoms with van der Waals surface area (Å²) in [7, 11) is 1.35. The number of carbonyl (C=O) groups is 1. The van der Waals surface area contributed by atoms with Gasteiger partial charge >= 0.3 is 6.09 Å². The van der Waals surface area contributed by atoms with E-state index in [0.29, 0.717) is 35.8 Å². The molecular formula is C52H62N2O10. The van der Waals surface area contributed by atoms with Crippen LogP contribution in [0.3, 0.4) is 0 Å². The van der Waals surface area contributed by atoms with Gasteiger partial charge in [-0.2, -0.15) is 0 Å². The minimum Gasteiger partial charge on any atom is -0.459 e. The van der Waals surface area contributed by atoms with Crippen LogP contribution in [0, 0.1) is 17.8 Å². The van der Waals surface area contributed by atoms with Crippen LogP contribution in [-0.4, -0.2) is 97.1 Å². The Morgan fingerprint density at radius 1 is 0.859 bits per heavy atom. The zero-order valence-corrected chi connectivity index (χ0v) is 36.8. The fourth-order valence-corrected chi connectivity index (χ4v) is 9.77. The van der Waals surface area contributed by atoms with Gasteiger partial charge in [0, 0.05) is 37.7 Å². The Bertz CT molecular complexity index is 2160. The van der Waals surface area contributed by atoms with Gasteiger partial charge in [-0.05, 0) is 90.1 Å². The highest BCUT2D eigenvalue weighted by Crippen LogP contribution is 2.62. The van der Waals surface area contributed by atoms with Crippen molar-refractivity contribution >= 4 is 11.8 Å². The lowest BCUT2D eigenvalue weighted by molar-refractivity contribution is -0.255. The molecule has 4 aromatic carbocycles. The van der Waals surface area contributed by atoms with Crippen molar-refractivity contribution in [1.82, 2.24) is 4.90 Å². The number of benzene rings is 4. The van der Waals surface area contributed by atoms with Gasteiger partial charge in [0.25, 0.3) is 0 Å². The fourth-order valence-electron chi connectivity index (χ4n) is 9.77. The number of rotatable bonds is 23. The molecule has 0 bridgehead atoms. The molecule has 3 aliphatic rings. The van der Waals surface area contributed by atoms with Crippen molar-refractivity contribution in [3.63, 3.8) is 0 Å². The average molecular weight is 875 g/mol. The number of allylic oxidation sites excluding steroid dienone is 1. The Morgan fingerprint density at radius 3 is 2.27 bits per heavy atom. The van der Waals surface area contributed by atoms with Crippen LogP contribution in [0.15, 0.2) is 133 Å². The Labute approximate surface area is 376 Å². The minimum atomic E-state index is -1.47. The van der Waals surface area contributed by atoms with Gasteiger partial charge in [0.1, 0.15) is 29.9 Å². The molecule has 0 spiro atoms. The van der Waals surface area contributed by atoms with E-state index in [1.54, 1.807) is 11.0 Å². The molecule has 1 fully saturated rings. The number of aliphatic hydroxyl groups excluding tert-OH is 3. The Kier molecular flexibility index (Phi) is 16.6. The second-order valence-electron chi connectivity index (χ2n) is 16.5. The largest absolute Gasteiger partial charge is 0.459 e. The van der Waals surface area contributed by atoms with Gasteiger partial charge in [0.15, 0.2) is 0 Å². The summed E-state index contributed by atoms with van der Waals surface area (Å²) < 4.78 is 32.1. The number of hydrogen-bond donors (Lipinski definition) is 3. The van der Waals surface area contributed by atoms with Gasteiger partial charge in [-0.3, -0.25) is 4.90 Å². The van der Waals surface area contributed by atoms with Crippen molar-refractivity contribution in [3.8, 4) is 28.4 Å². The highest BCUT2D eigenvalue weighted by atomic mass is 16.7. The maximum atomic E-state index is 14.0. The summed E-state index contributed by atoms with van der Waals surface area (Å²) in [6.07, 6.45) is 8.10. The van der Waals surface area contributed by atoms with Gasteiger partial charge < -0.3 is 43.8 Å². The molecule has 1 aliphatic heterocycles. The molecule has 0 aromatic heterocycles. The van der Waals surface area contributed by atoms with E-state index in [2.05, 4.69) is 43.0 Å². The zero-order valence-electron chi connectivity index (χ0n) is 36.8. The maximum absolute atomic E-state index is 14.0. The lowest BCUT2D eigenvalue weighted by Crippen LogP contribution is -2.70. The Morgan fingerprint density at radius 2 is 1.56 bits per heavy atom. The van der Waals surface area contributed by atoms with Crippen LogP contribution in [-0.2, 0) is 25.7 Å². The second kappa shape index (κ2) is 22.9. The van der Waals surface area contributed by atoms with E-state index in [0.717, 1.165) is 53.5 Å². The van der Waals surface area contributed by atoms with E-state index in [1.807, 2.05) is 72.8 Å². The third-order valence-electron chi connectivity index (χ3n) is 12.6. The van der Waals surface area contributed by atoms with Crippen LogP contribution in [0.2, 0.25) is 0 Å². The van der Waals surface area contributed by atoms with Crippen molar-refractivity contribution in [3.05, 3.63) is 139 Å². The van der Waals surface area contributed by atoms with E-state index in [-0.39, 0.29) is 77.0 Å². The third-order valence-corrected chi connectivity index (χ3v) is 12.6. The lowest BCUT2D eigenvalue weighted by atomic mass is 9.55. The standard InChI is InChI=1S/C52H62N2O10/c1-3-30-61-52-48(54(51(58)59-2)26-31-60-32-29-57)35-46(53-62-36-37-14-6-4-7-15-37)44-33-40(18-10-12-27-55)43(19-11-13-28-56)49(50(44)52)45-34-42(24-25-47(45)64-52)63-41-22-20-39(21-23-41)38-16-8-5-9-17-38/h3-9,14-17,20-25,33-34,40,43,48-50,55-57H,1,10-13,18-19,26-32,35-36H2,2H3. The molecule has 3 N–H and O–H groups in total. The van der Waals surface area contributed by atoms with E-state index >= 15 is 0 Å². The summed E-state index contributed by atoms with van der Waals surface area (Å²) in [5, 5.41) is 34.3. The van der Waals surface area contributed by atoms with Crippen LogP contribution < -0.4 is 9.47 Å². The van der Waals surface area contributed by atoms with E-state index in [9.17, 15) is 20.1 Å². The summed E-state index contributed by atoms with van der Waals surface area (Å²) in [6.45, 7) is 4.72. The summed E-state index contributed by atoms with van der Waals surface area (Å²) >= 11 is 0. The second-order valence-corrected chi connectivity index (χ2v) is 16.5. The Balaban J connectivity index is 1.39. The van der Waals surface area contributed by atoms with Crippen molar-refractivity contribution in [2.45, 2.75) is 69.3 Å². The zero-order chi connectivity index (χ0) is 44.7. The van der Waals surface area contributed by atoms with Gasteiger partial charge in [-0.25, -0.2) is 4.79 Å². The molecule has 64 heavy (non-hydrogen) atoms. The van der Waals surface area contributed by atoms with Crippen molar-refractivity contribution in [1.29, 1.82) is 0 Å². The van der Waals surface area contributed by atoms with Crippen molar-refractivity contribution in [2.75, 3.05) is 53.3 Å². The monoisotopic (exact) mass is 874 g/mol. The average Bonchev–Trinajstić information content (AvgIpc) is 3.33. The number of fused-ring (bicyclic) bond motifs is 2. The van der Waals surface area contributed by atoms with Crippen LogP contribution >= 0.6 is 0 Å². The SMILES string of the molecule is C=CCOC12Oc3ccc(Oc4ccc(-c5ccccc5)cc4)cc3C3C(CCCCO)C(CCCCO)C=C(C(=NOCc4ccccc4)CC1N(CCOCCO)C(=O)OC)C32. The first-order chi connectivity index (χ1) is 31.4. The molecule has 7 rings (SSSR count). The molecule has 0 saturated heterocycles. The number of methoxy groups -OCH3 is 1. The predicted octanol–water partition coefficient (Wildman–Crippen LogP) is 9.06. The number of nitrogens with zero attached hydrogens (tertiary/aromatic N) is 2. The highest BCUT2D eigenvalue weighted by molar-refractivity contribution is 6.03. The number of aliphatic hydroxyl groups is 3. The molecule has 2 aliphatic carbocycles. The smallest absolute Gasteiger partial charge is 0.410 e. The number of amides is 1. The van der Waals surface area contributed by atoms with Gasteiger partial charge in [0.2, 0.25) is 5.79 Å². The van der Waals surface area contributed by atoms with Crippen molar-refractivity contribution in [2.24, 2.45) is 22.9 Å². The van der Waals surface area contributed by atoms with Gasteiger partial charge in [-0.15, -0.1) is 6.58 Å². The fraction of sp³-hybridized carbons (Fsp3) is 0.423. The predicted molar refractivity (Wildman–Crippen MR) is 245 cm³/mol. The topological polar surface area (TPSA) is 149 Å². The van der Waals surface area contributed by atoms with Crippen LogP contribution in [0.1, 0.15) is 62.0 Å². The van der Waals surface area contributed by atoms with E-state index in [1.165, 1.54) is 7.11 Å². The molecule has 4 aromatic rings. The number of oxime groups is 1. The normalized spacial score (nSPS) is 22.7. The van der Waals surface area contributed by atoms with Crippen LogP contribution in [0.25, 0.3) is 11.1 Å². The first-order valence-electron chi connectivity index (χ1n) is 22.6. The molecule has 340 valence electrons. The quantitative estimate of drug-likeness (QED) is 0.0375. The van der Waals surface area contributed by atoms with Crippen molar-refractivity contribution < 1.29 is 48.6 Å². The molecule has 6 unspecified atom stereocenters. The van der Waals surface area contributed by atoms with E-state index in [4.69, 9.17) is 33.7 Å². The van der Waals surface area contributed by atoms with E-state index < -0.39 is 23.8 Å². The summed E-state index contributed by atoms with van der Waals surface area (Å²) in [5.41, 5.74) is 5.68. The molecular weight excluding hydrogens is 813 g/mol. The first-order valence-corrected chi connectivity index (χ1v) is 22.6. The molecule has 12 heteroatoms. The van der Waals surface area contributed by atoms with Gasteiger partial charge in [0.05, 0.1) is 45.2 Å². The molecule has 1 amide bonds. The Hall–Kier alpha value is -5.50. The maximum Gasteiger partial charge on any atom is 0.410 e. The molecule has 0 radical (unpaired) electrons. The summed E-state index contributed by atoms with van der Waals surface area (Å²) in [5.74, 6) is -0.224. The number of hydrogen-bond acceptors (Lipinski definition) is 11. The molecule has 6 atom stereocenters. The van der Waals surface area contributed by atoms with Crippen LogP contribution in [0.5, 0.6) is 17.2 Å². The van der Waals surface area contributed by atoms with Crippen LogP contribution in [0.4, 0.5) is 4.79 Å². The summed E-state index contributed by atoms with van der Waals surface area (Å²) in [6, 6.07) is 33.2. The highest BCUT2D eigenvalue weighted by Gasteiger charge is 2.65. The number of unbranched alkanes of at least 4 members (excludes halogenated alkanes) is 2.